The fourth-order valence-electron chi connectivity index (χ4n) is 3.20. The van der Waals surface area contributed by atoms with Crippen molar-refractivity contribution >= 4 is 17.6 Å². The van der Waals surface area contributed by atoms with Gasteiger partial charge in [0.25, 0.3) is 5.91 Å². The summed E-state index contributed by atoms with van der Waals surface area (Å²) in [5.74, 6) is 1.44. The van der Waals surface area contributed by atoms with Gasteiger partial charge in [-0.2, -0.15) is 0 Å². The summed E-state index contributed by atoms with van der Waals surface area (Å²) in [5, 5.41) is 9.51. The molecule has 0 aromatic heterocycles. The minimum Gasteiger partial charge on any atom is -0.496 e. The lowest BCUT2D eigenvalue weighted by Gasteiger charge is -2.14. The summed E-state index contributed by atoms with van der Waals surface area (Å²) in [7, 11) is 3.40. The van der Waals surface area contributed by atoms with E-state index >= 15 is 0 Å². The summed E-state index contributed by atoms with van der Waals surface area (Å²) >= 11 is 0. The molecule has 1 unspecified atom stereocenters. The van der Waals surface area contributed by atoms with E-state index in [1.807, 2.05) is 48.5 Å². The molecular weight excluding hydrogens is 368 g/mol. The van der Waals surface area contributed by atoms with Crippen LogP contribution in [0.25, 0.3) is 0 Å². The molecule has 1 aliphatic rings. The number of nitrogens with zero attached hydrogens (tertiary/aromatic N) is 1. The van der Waals surface area contributed by atoms with Gasteiger partial charge in [-0.3, -0.25) is 9.79 Å². The molecule has 2 aromatic rings. The third-order valence-electron chi connectivity index (χ3n) is 4.74. The van der Waals surface area contributed by atoms with Gasteiger partial charge in [0.05, 0.1) is 7.11 Å². The van der Waals surface area contributed by atoms with Crippen LogP contribution < -0.4 is 20.7 Å². The quantitative estimate of drug-likeness (QED) is 0.495. The highest BCUT2D eigenvalue weighted by molar-refractivity contribution is 5.94. The normalized spacial score (nSPS) is 16.3. The number of carbonyl (C=O) groups is 1. The Labute approximate surface area is 171 Å². The van der Waals surface area contributed by atoms with Crippen molar-refractivity contribution in [1.82, 2.24) is 10.6 Å². The number of nitrogens with one attached hydrogen (secondary N) is 3. The Hall–Kier alpha value is -3.06. The van der Waals surface area contributed by atoms with E-state index in [9.17, 15) is 4.79 Å². The molecule has 1 fully saturated rings. The van der Waals surface area contributed by atoms with E-state index in [0.717, 1.165) is 35.4 Å². The van der Waals surface area contributed by atoms with Gasteiger partial charge in [-0.1, -0.05) is 30.3 Å². The van der Waals surface area contributed by atoms with Gasteiger partial charge in [0.1, 0.15) is 11.9 Å². The van der Waals surface area contributed by atoms with Crippen molar-refractivity contribution in [2.75, 3.05) is 26.1 Å². The predicted octanol–water partition coefficient (Wildman–Crippen LogP) is 2.68. The van der Waals surface area contributed by atoms with Crippen LogP contribution in [0.3, 0.4) is 0 Å². The third kappa shape index (κ3) is 5.96. The van der Waals surface area contributed by atoms with Crippen LogP contribution in [0.5, 0.6) is 5.75 Å². The van der Waals surface area contributed by atoms with Crippen LogP contribution >= 0.6 is 0 Å². The predicted molar refractivity (Wildman–Crippen MR) is 114 cm³/mol. The molecule has 1 saturated heterocycles. The van der Waals surface area contributed by atoms with Crippen molar-refractivity contribution in [1.29, 1.82) is 0 Å². The Morgan fingerprint density at radius 3 is 2.76 bits per heavy atom. The van der Waals surface area contributed by atoms with Gasteiger partial charge in [0, 0.05) is 38.0 Å². The number of carbonyl (C=O) groups excluding carboxylic acids is 1. The molecule has 0 radical (unpaired) electrons. The van der Waals surface area contributed by atoms with E-state index < -0.39 is 0 Å². The fourth-order valence-corrected chi connectivity index (χ4v) is 3.20. The van der Waals surface area contributed by atoms with Crippen LogP contribution in [0, 0.1) is 0 Å². The van der Waals surface area contributed by atoms with E-state index in [-0.39, 0.29) is 12.0 Å². The first-order valence-electron chi connectivity index (χ1n) is 9.77. The van der Waals surface area contributed by atoms with Crippen molar-refractivity contribution in [2.24, 2.45) is 4.99 Å². The molecule has 7 nitrogen and oxygen atoms in total. The molecular formula is C22H28N4O3. The van der Waals surface area contributed by atoms with Gasteiger partial charge in [-0.05, 0) is 36.6 Å². The minimum absolute atomic E-state index is 0.0816. The van der Waals surface area contributed by atoms with E-state index in [1.54, 1.807) is 14.2 Å². The van der Waals surface area contributed by atoms with E-state index in [2.05, 4.69) is 20.9 Å². The lowest BCUT2D eigenvalue weighted by molar-refractivity contribution is -0.124. The van der Waals surface area contributed by atoms with Crippen LogP contribution in [0.4, 0.5) is 5.69 Å². The monoisotopic (exact) mass is 396 g/mol. The number of hydrogen-bond donors (Lipinski definition) is 3. The van der Waals surface area contributed by atoms with Crippen molar-refractivity contribution in [3.05, 3.63) is 59.7 Å². The highest BCUT2D eigenvalue weighted by atomic mass is 16.5. The second kappa shape index (κ2) is 10.5. The highest BCUT2D eigenvalue weighted by Crippen LogP contribution is 2.17. The first-order chi connectivity index (χ1) is 14.2. The lowest BCUT2D eigenvalue weighted by atomic mass is 10.2. The number of aliphatic imine (C=N–C) groups is 1. The third-order valence-corrected chi connectivity index (χ3v) is 4.74. The number of benzene rings is 2. The van der Waals surface area contributed by atoms with Gasteiger partial charge in [-0.25, -0.2) is 0 Å². The molecule has 1 amide bonds. The molecule has 154 valence electrons. The summed E-state index contributed by atoms with van der Waals surface area (Å²) in [6.45, 7) is 1.83. The minimum atomic E-state index is -0.338. The molecule has 3 N–H and O–H groups in total. The zero-order chi connectivity index (χ0) is 20.5. The Morgan fingerprint density at radius 2 is 2.00 bits per heavy atom. The van der Waals surface area contributed by atoms with Gasteiger partial charge in [0.2, 0.25) is 0 Å². The summed E-state index contributed by atoms with van der Waals surface area (Å²) in [6.07, 6.45) is 1.37. The number of methoxy groups -OCH3 is 1. The zero-order valence-electron chi connectivity index (χ0n) is 16.9. The van der Waals surface area contributed by atoms with Crippen molar-refractivity contribution in [3.8, 4) is 5.75 Å². The van der Waals surface area contributed by atoms with Gasteiger partial charge in [0.15, 0.2) is 5.96 Å². The summed E-state index contributed by atoms with van der Waals surface area (Å²) in [5.41, 5.74) is 2.86. The Morgan fingerprint density at radius 1 is 1.17 bits per heavy atom. The SMILES string of the molecule is CN=C(NCc1cccc(NC(=O)C2CCCO2)c1)NCc1ccccc1OC. The zero-order valence-corrected chi connectivity index (χ0v) is 16.9. The molecule has 29 heavy (non-hydrogen) atoms. The largest absolute Gasteiger partial charge is 0.496 e. The van der Waals surface area contributed by atoms with Crippen molar-refractivity contribution in [2.45, 2.75) is 32.0 Å². The molecule has 1 aliphatic heterocycles. The lowest BCUT2D eigenvalue weighted by Crippen LogP contribution is -2.36. The maximum atomic E-state index is 12.2. The molecule has 0 bridgehead atoms. The van der Waals surface area contributed by atoms with E-state index in [4.69, 9.17) is 9.47 Å². The summed E-state index contributed by atoms with van der Waals surface area (Å²) in [4.78, 5) is 16.5. The smallest absolute Gasteiger partial charge is 0.253 e. The number of amides is 1. The first kappa shape index (κ1) is 20.7. The average molecular weight is 396 g/mol. The second-order valence-corrected chi connectivity index (χ2v) is 6.78. The van der Waals surface area contributed by atoms with Crippen LogP contribution in [0.1, 0.15) is 24.0 Å². The van der Waals surface area contributed by atoms with E-state index in [0.29, 0.717) is 25.7 Å². The topological polar surface area (TPSA) is 84.0 Å². The molecule has 1 heterocycles. The second-order valence-electron chi connectivity index (χ2n) is 6.78. The van der Waals surface area contributed by atoms with Crippen LogP contribution in [-0.2, 0) is 22.6 Å². The van der Waals surface area contributed by atoms with Crippen LogP contribution in [0.2, 0.25) is 0 Å². The number of ether oxygens (including phenoxy) is 2. The molecule has 7 heteroatoms. The molecule has 0 aliphatic carbocycles. The van der Waals surface area contributed by atoms with Gasteiger partial charge >= 0.3 is 0 Å². The fraction of sp³-hybridized carbons (Fsp3) is 0.364. The van der Waals surface area contributed by atoms with Crippen LogP contribution in [-0.4, -0.2) is 38.7 Å². The number of rotatable bonds is 7. The Bertz CT molecular complexity index is 847. The maximum Gasteiger partial charge on any atom is 0.253 e. The van der Waals surface area contributed by atoms with Crippen molar-refractivity contribution in [3.63, 3.8) is 0 Å². The molecule has 0 saturated carbocycles. The number of para-hydroxylation sites is 1. The first-order valence-corrected chi connectivity index (χ1v) is 9.77. The molecule has 1 atom stereocenters. The number of guanidine groups is 1. The summed E-state index contributed by atoms with van der Waals surface area (Å²) in [6, 6.07) is 15.6. The standard InChI is InChI=1S/C22H28N4O3/c1-23-22(25-15-17-8-3-4-10-19(17)28-2)24-14-16-7-5-9-18(13-16)26-21(27)20-11-6-12-29-20/h3-5,7-10,13,20H,6,11-12,14-15H2,1-2H3,(H,26,27)(H2,23,24,25). The average Bonchev–Trinajstić information content (AvgIpc) is 3.29. The van der Waals surface area contributed by atoms with Gasteiger partial charge < -0.3 is 25.4 Å². The maximum absolute atomic E-state index is 12.2. The van der Waals surface area contributed by atoms with Gasteiger partial charge in [-0.15, -0.1) is 0 Å². The van der Waals surface area contributed by atoms with Crippen molar-refractivity contribution < 1.29 is 14.3 Å². The number of hydrogen-bond acceptors (Lipinski definition) is 4. The molecule has 3 rings (SSSR count). The highest BCUT2D eigenvalue weighted by Gasteiger charge is 2.23. The Kier molecular flexibility index (Phi) is 7.47. The van der Waals surface area contributed by atoms with E-state index in [1.165, 1.54) is 0 Å². The molecule has 2 aromatic carbocycles. The summed E-state index contributed by atoms with van der Waals surface area (Å²) < 4.78 is 10.8. The Balaban J connectivity index is 1.52. The molecule has 0 spiro atoms. The number of anilines is 1. The van der Waals surface area contributed by atoms with Crippen LogP contribution in [0.15, 0.2) is 53.5 Å².